The second-order valence-electron chi connectivity index (χ2n) is 5.44. The molecule has 3 rings (SSSR count). The monoisotopic (exact) mass is 358 g/mol. The van der Waals surface area contributed by atoms with Gasteiger partial charge in [0.15, 0.2) is 5.13 Å². The lowest BCUT2D eigenvalue weighted by Crippen LogP contribution is -2.17. The van der Waals surface area contributed by atoms with Gasteiger partial charge in [0.2, 0.25) is 5.91 Å². The summed E-state index contributed by atoms with van der Waals surface area (Å²) >= 11 is 7.68. The van der Waals surface area contributed by atoms with E-state index in [9.17, 15) is 4.79 Å². The molecule has 0 aliphatic carbocycles. The van der Waals surface area contributed by atoms with Crippen molar-refractivity contribution >= 4 is 34.0 Å². The minimum absolute atomic E-state index is 0.0634. The lowest BCUT2D eigenvalue weighted by molar-refractivity contribution is -0.118. The van der Waals surface area contributed by atoms with Crippen LogP contribution in [0, 0.1) is 5.92 Å². The average Bonchev–Trinajstić information content (AvgIpc) is 3.03. The Kier molecular flexibility index (Phi) is 4.87. The number of carbonyl (C=O) groups excluding carboxylic acids is 1. The number of halogens is 1. The fourth-order valence-electron chi connectivity index (χ4n) is 2.08. The number of carbonyl (C=O) groups is 1. The molecule has 3 aromatic rings. The number of nitrogens with zero attached hydrogens (tertiary/aromatic N) is 3. The summed E-state index contributed by atoms with van der Waals surface area (Å²) in [6.07, 6.45) is 4.93. The van der Waals surface area contributed by atoms with E-state index in [-0.39, 0.29) is 11.8 Å². The molecule has 1 aromatic carbocycles. The minimum atomic E-state index is -0.101. The van der Waals surface area contributed by atoms with E-state index in [0.717, 1.165) is 21.7 Å². The maximum Gasteiger partial charge on any atom is 0.228 e. The Balaban J connectivity index is 1.98. The van der Waals surface area contributed by atoms with Crippen LogP contribution < -0.4 is 5.32 Å². The van der Waals surface area contributed by atoms with Crippen LogP contribution in [0.1, 0.15) is 13.8 Å². The molecule has 7 heteroatoms. The number of rotatable bonds is 4. The number of thiazole rings is 1. The van der Waals surface area contributed by atoms with Gasteiger partial charge in [-0.15, -0.1) is 0 Å². The quantitative estimate of drug-likeness (QED) is 0.744. The molecule has 0 aliphatic heterocycles. The summed E-state index contributed by atoms with van der Waals surface area (Å²) in [7, 11) is 0. The molecule has 0 unspecified atom stereocenters. The summed E-state index contributed by atoms with van der Waals surface area (Å²) in [6, 6.07) is 7.52. The van der Waals surface area contributed by atoms with Crippen LogP contribution in [0.2, 0.25) is 5.02 Å². The SMILES string of the molecule is CC(C)C(=O)Nc1ncc(-c2cncnc2-c2ccccc2Cl)s1. The number of anilines is 1. The third-order valence-corrected chi connectivity index (χ3v) is 4.64. The van der Waals surface area contributed by atoms with Gasteiger partial charge in [-0.2, -0.15) is 0 Å². The molecular formula is C17H15ClN4OS. The minimum Gasteiger partial charge on any atom is -0.302 e. The molecule has 0 saturated carbocycles. The van der Waals surface area contributed by atoms with Crippen LogP contribution in [0.4, 0.5) is 5.13 Å². The zero-order chi connectivity index (χ0) is 17.1. The van der Waals surface area contributed by atoms with Crippen LogP contribution >= 0.6 is 22.9 Å². The van der Waals surface area contributed by atoms with Crippen molar-refractivity contribution in [2.75, 3.05) is 5.32 Å². The zero-order valence-electron chi connectivity index (χ0n) is 13.2. The van der Waals surface area contributed by atoms with E-state index in [4.69, 9.17) is 11.6 Å². The molecule has 0 radical (unpaired) electrons. The van der Waals surface area contributed by atoms with Crippen molar-refractivity contribution in [3.05, 3.63) is 48.0 Å². The zero-order valence-corrected chi connectivity index (χ0v) is 14.7. The molecule has 0 saturated heterocycles. The first kappa shape index (κ1) is 16.5. The van der Waals surface area contributed by atoms with E-state index in [1.54, 1.807) is 12.4 Å². The highest BCUT2D eigenvalue weighted by Gasteiger charge is 2.15. The molecular weight excluding hydrogens is 344 g/mol. The molecule has 24 heavy (non-hydrogen) atoms. The van der Waals surface area contributed by atoms with E-state index < -0.39 is 0 Å². The van der Waals surface area contributed by atoms with E-state index >= 15 is 0 Å². The largest absolute Gasteiger partial charge is 0.302 e. The van der Waals surface area contributed by atoms with Gasteiger partial charge < -0.3 is 5.32 Å². The number of aromatic nitrogens is 3. The van der Waals surface area contributed by atoms with Crippen LogP contribution in [-0.2, 0) is 4.79 Å². The van der Waals surface area contributed by atoms with Gasteiger partial charge in [0.05, 0.1) is 10.6 Å². The van der Waals surface area contributed by atoms with E-state index in [2.05, 4.69) is 20.3 Å². The smallest absolute Gasteiger partial charge is 0.228 e. The Hall–Kier alpha value is -2.31. The summed E-state index contributed by atoms with van der Waals surface area (Å²) in [6.45, 7) is 3.68. The van der Waals surface area contributed by atoms with Crippen LogP contribution in [0.25, 0.3) is 21.7 Å². The highest BCUT2D eigenvalue weighted by molar-refractivity contribution is 7.19. The fourth-order valence-corrected chi connectivity index (χ4v) is 3.14. The Morgan fingerprint density at radius 1 is 1.17 bits per heavy atom. The first-order valence-corrected chi connectivity index (χ1v) is 8.57. The third-order valence-electron chi connectivity index (χ3n) is 3.37. The van der Waals surface area contributed by atoms with Gasteiger partial charge in [-0.05, 0) is 6.07 Å². The van der Waals surface area contributed by atoms with E-state index in [0.29, 0.717) is 10.2 Å². The average molecular weight is 359 g/mol. The van der Waals surface area contributed by atoms with Gasteiger partial charge in [0, 0.05) is 34.5 Å². The Bertz CT molecular complexity index is 878. The van der Waals surface area contributed by atoms with Gasteiger partial charge in [0.25, 0.3) is 0 Å². The first-order valence-electron chi connectivity index (χ1n) is 7.38. The van der Waals surface area contributed by atoms with Gasteiger partial charge in [-0.3, -0.25) is 4.79 Å². The van der Waals surface area contributed by atoms with Crippen LogP contribution in [0.15, 0.2) is 43.0 Å². The van der Waals surface area contributed by atoms with Crippen LogP contribution in [-0.4, -0.2) is 20.9 Å². The molecule has 0 fully saturated rings. The Morgan fingerprint density at radius 3 is 2.71 bits per heavy atom. The molecule has 0 spiro atoms. The van der Waals surface area contributed by atoms with Gasteiger partial charge in [-0.25, -0.2) is 15.0 Å². The highest BCUT2D eigenvalue weighted by atomic mass is 35.5. The number of amides is 1. The van der Waals surface area contributed by atoms with Crippen molar-refractivity contribution in [3.63, 3.8) is 0 Å². The lowest BCUT2D eigenvalue weighted by atomic mass is 10.1. The molecule has 1 N–H and O–H groups in total. The lowest BCUT2D eigenvalue weighted by Gasteiger charge is -2.07. The topological polar surface area (TPSA) is 67.8 Å². The highest BCUT2D eigenvalue weighted by Crippen LogP contribution is 2.37. The van der Waals surface area contributed by atoms with Gasteiger partial charge in [0.1, 0.15) is 6.33 Å². The van der Waals surface area contributed by atoms with Crippen molar-refractivity contribution in [1.82, 2.24) is 15.0 Å². The summed E-state index contributed by atoms with van der Waals surface area (Å²) in [5.74, 6) is -0.164. The third kappa shape index (κ3) is 3.44. The number of hydrogen-bond donors (Lipinski definition) is 1. The predicted molar refractivity (Wildman–Crippen MR) is 97.1 cm³/mol. The molecule has 0 aliphatic rings. The molecule has 5 nitrogen and oxygen atoms in total. The van der Waals surface area contributed by atoms with E-state index in [1.807, 2.05) is 38.1 Å². The Labute approximate surface area is 148 Å². The summed E-state index contributed by atoms with van der Waals surface area (Å²) < 4.78 is 0. The van der Waals surface area contributed by atoms with Crippen molar-refractivity contribution in [2.24, 2.45) is 5.92 Å². The van der Waals surface area contributed by atoms with Crippen molar-refractivity contribution in [1.29, 1.82) is 0 Å². The maximum absolute atomic E-state index is 11.8. The molecule has 1 amide bonds. The maximum atomic E-state index is 11.8. The number of hydrogen-bond acceptors (Lipinski definition) is 5. The fraction of sp³-hybridized carbons (Fsp3) is 0.176. The molecule has 2 heterocycles. The second kappa shape index (κ2) is 7.07. The molecule has 0 bridgehead atoms. The van der Waals surface area contributed by atoms with E-state index in [1.165, 1.54) is 17.7 Å². The van der Waals surface area contributed by atoms with Crippen LogP contribution in [0.5, 0.6) is 0 Å². The number of benzene rings is 1. The van der Waals surface area contributed by atoms with Gasteiger partial charge in [-0.1, -0.05) is 55.0 Å². The van der Waals surface area contributed by atoms with Crippen molar-refractivity contribution in [2.45, 2.75) is 13.8 Å². The normalized spacial score (nSPS) is 10.8. The summed E-state index contributed by atoms with van der Waals surface area (Å²) in [5.41, 5.74) is 2.40. The van der Waals surface area contributed by atoms with Gasteiger partial charge >= 0.3 is 0 Å². The first-order chi connectivity index (χ1) is 11.6. The molecule has 122 valence electrons. The standard InChI is InChI=1S/C17H15ClN4OS/c1-10(2)16(23)22-17-20-8-14(24-17)12-7-19-9-21-15(12)11-5-3-4-6-13(11)18/h3-10H,1-2H3,(H,20,22,23). The molecule has 2 aromatic heterocycles. The van der Waals surface area contributed by atoms with Crippen molar-refractivity contribution < 1.29 is 4.79 Å². The van der Waals surface area contributed by atoms with Crippen molar-refractivity contribution in [3.8, 4) is 21.7 Å². The second-order valence-corrected chi connectivity index (χ2v) is 6.88. The molecule has 0 atom stereocenters. The summed E-state index contributed by atoms with van der Waals surface area (Å²) in [5, 5.41) is 3.98. The summed E-state index contributed by atoms with van der Waals surface area (Å²) in [4.78, 5) is 25.4. The number of nitrogens with one attached hydrogen (secondary N) is 1. The predicted octanol–water partition coefficient (Wildman–Crippen LogP) is 4.52. The van der Waals surface area contributed by atoms with Crippen LogP contribution in [0.3, 0.4) is 0 Å². The Morgan fingerprint density at radius 2 is 1.96 bits per heavy atom.